The van der Waals surface area contributed by atoms with Crippen LogP contribution in [0.4, 0.5) is 0 Å². The fourth-order valence-corrected chi connectivity index (χ4v) is 2.65. The first-order valence-electron chi connectivity index (χ1n) is 7.36. The second-order valence-electron chi connectivity index (χ2n) is 5.37. The summed E-state index contributed by atoms with van der Waals surface area (Å²) in [6.45, 7) is 6.31. The average Bonchev–Trinajstić information content (AvgIpc) is 2.47. The first-order chi connectivity index (χ1) is 9.70. The molecule has 1 aliphatic heterocycles. The number of carbonyl (C=O) groups excluding carboxylic acids is 1. The molecule has 0 atom stereocenters. The van der Waals surface area contributed by atoms with Crippen LogP contribution in [0.2, 0.25) is 0 Å². The fraction of sp³-hybridized carbons (Fsp3) is 0.562. The van der Waals surface area contributed by atoms with Gasteiger partial charge in [0.2, 0.25) is 5.91 Å². The van der Waals surface area contributed by atoms with Gasteiger partial charge in [-0.1, -0.05) is 24.3 Å². The maximum absolute atomic E-state index is 12.2. The summed E-state index contributed by atoms with van der Waals surface area (Å²) in [5, 5.41) is 8.91. The number of aliphatic hydroxyl groups excluding tert-OH is 1. The second-order valence-corrected chi connectivity index (χ2v) is 5.37. The van der Waals surface area contributed by atoms with Gasteiger partial charge in [0.05, 0.1) is 6.61 Å². The van der Waals surface area contributed by atoms with Gasteiger partial charge in [-0.3, -0.25) is 9.69 Å². The van der Waals surface area contributed by atoms with Gasteiger partial charge in [0.25, 0.3) is 0 Å². The lowest BCUT2D eigenvalue weighted by atomic mass is 10.0. The molecular weight excluding hydrogens is 252 g/mol. The maximum atomic E-state index is 12.2. The predicted molar refractivity (Wildman–Crippen MR) is 79.6 cm³/mol. The van der Waals surface area contributed by atoms with Gasteiger partial charge in [-0.2, -0.15) is 0 Å². The molecule has 2 rings (SSSR count). The van der Waals surface area contributed by atoms with E-state index in [0.29, 0.717) is 13.0 Å². The zero-order valence-electron chi connectivity index (χ0n) is 12.2. The number of carbonyl (C=O) groups is 1. The van der Waals surface area contributed by atoms with Crippen molar-refractivity contribution in [3.8, 4) is 0 Å². The van der Waals surface area contributed by atoms with E-state index in [-0.39, 0.29) is 12.5 Å². The van der Waals surface area contributed by atoms with Gasteiger partial charge in [-0.25, -0.2) is 0 Å². The summed E-state index contributed by atoms with van der Waals surface area (Å²) in [4.78, 5) is 16.4. The molecule has 1 aliphatic rings. The first kappa shape index (κ1) is 15.0. The van der Waals surface area contributed by atoms with Crippen molar-refractivity contribution in [1.82, 2.24) is 9.80 Å². The molecule has 1 heterocycles. The Bertz CT molecular complexity index is 440. The lowest BCUT2D eigenvalue weighted by Crippen LogP contribution is -2.49. The van der Waals surface area contributed by atoms with Gasteiger partial charge in [-0.15, -0.1) is 0 Å². The van der Waals surface area contributed by atoms with Gasteiger partial charge >= 0.3 is 0 Å². The molecule has 1 aromatic rings. The predicted octanol–water partition coefficient (Wildman–Crippen LogP) is 1.06. The molecular formula is C16H24N2O2. The summed E-state index contributed by atoms with van der Waals surface area (Å²) >= 11 is 0. The highest BCUT2D eigenvalue weighted by Gasteiger charge is 2.20. The molecule has 0 spiro atoms. The van der Waals surface area contributed by atoms with Crippen molar-refractivity contribution in [3.63, 3.8) is 0 Å². The standard InChI is InChI=1S/C16H24N2O2/c1-14-4-2-3-5-15(14)6-7-16(20)18-10-8-17(9-11-18)12-13-19/h2-5,19H,6-13H2,1H3. The van der Waals surface area contributed by atoms with Crippen LogP contribution in [-0.2, 0) is 11.2 Å². The van der Waals surface area contributed by atoms with Crippen molar-refractivity contribution in [3.05, 3.63) is 35.4 Å². The molecule has 110 valence electrons. The van der Waals surface area contributed by atoms with E-state index in [1.165, 1.54) is 11.1 Å². The molecule has 1 amide bonds. The van der Waals surface area contributed by atoms with Gasteiger partial charge in [0.15, 0.2) is 0 Å². The zero-order chi connectivity index (χ0) is 14.4. The Morgan fingerprint density at radius 3 is 2.55 bits per heavy atom. The van der Waals surface area contributed by atoms with Crippen LogP contribution in [0.3, 0.4) is 0 Å². The zero-order valence-corrected chi connectivity index (χ0v) is 12.2. The largest absolute Gasteiger partial charge is 0.395 e. The minimum Gasteiger partial charge on any atom is -0.395 e. The Morgan fingerprint density at radius 2 is 1.90 bits per heavy atom. The van der Waals surface area contributed by atoms with Crippen LogP contribution in [0.15, 0.2) is 24.3 Å². The number of piperazine rings is 1. The normalized spacial score (nSPS) is 16.4. The Labute approximate surface area is 121 Å². The summed E-state index contributed by atoms with van der Waals surface area (Å²) in [6.07, 6.45) is 1.41. The average molecular weight is 276 g/mol. The number of hydrogen-bond donors (Lipinski definition) is 1. The highest BCUT2D eigenvalue weighted by molar-refractivity contribution is 5.76. The number of hydrogen-bond acceptors (Lipinski definition) is 3. The maximum Gasteiger partial charge on any atom is 0.222 e. The summed E-state index contributed by atoms with van der Waals surface area (Å²) in [5.41, 5.74) is 2.52. The molecule has 1 fully saturated rings. The van der Waals surface area contributed by atoms with Gasteiger partial charge in [0.1, 0.15) is 0 Å². The molecule has 0 unspecified atom stereocenters. The third kappa shape index (κ3) is 4.05. The number of nitrogens with zero attached hydrogens (tertiary/aromatic N) is 2. The third-order valence-electron chi connectivity index (χ3n) is 4.01. The minimum absolute atomic E-state index is 0.196. The molecule has 20 heavy (non-hydrogen) atoms. The molecule has 0 aromatic heterocycles. The van der Waals surface area contributed by atoms with Gasteiger partial charge < -0.3 is 10.0 Å². The van der Waals surface area contributed by atoms with E-state index in [4.69, 9.17) is 5.11 Å². The van der Waals surface area contributed by atoms with Crippen molar-refractivity contribution in [2.24, 2.45) is 0 Å². The number of benzene rings is 1. The number of rotatable bonds is 5. The highest BCUT2D eigenvalue weighted by atomic mass is 16.3. The molecule has 0 aliphatic carbocycles. The lowest BCUT2D eigenvalue weighted by molar-refractivity contribution is -0.132. The Kier molecular flexibility index (Phi) is 5.56. The molecule has 1 aromatic carbocycles. The van der Waals surface area contributed by atoms with Crippen LogP contribution in [0.25, 0.3) is 0 Å². The molecule has 1 saturated heterocycles. The fourth-order valence-electron chi connectivity index (χ4n) is 2.65. The summed E-state index contributed by atoms with van der Waals surface area (Å²) in [7, 11) is 0. The number of amides is 1. The third-order valence-corrected chi connectivity index (χ3v) is 4.01. The van der Waals surface area contributed by atoms with Crippen molar-refractivity contribution < 1.29 is 9.90 Å². The van der Waals surface area contributed by atoms with Crippen LogP contribution >= 0.6 is 0 Å². The Hall–Kier alpha value is -1.39. The number of aliphatic hydroxyl groups is 1. The monoisotopic (exact) mass is 276 g/mol. The SMILES string of the molecule is Cc1ccccc1CCC(=O)N1CCN(CCO)CC1. The molecule has 4 nitrogen and oxygen atoms in total. The molecule has 4 heteroatoms. The van der Waals surface area contributed by atoms with Crippen molar-refractivity contribution in [1.29, 1.82) is 0 Å². The minimum atomic E-state index is 0.196. The van der Waals surface area contributed by atoms with Gasteiger partial charge in [-0.05, 0) is 24.5 Å². The van der Waals surface area contributed by atoms with Gasteiger partial charge in [0, 0.05) is 39.1 Å². The second kappa shape index (κ2) is 7.41. The van der Waals surface area contributed by atoms with Crippen LogP contribution < -0.4 is 0 Å². The van der Waals surface area contributed by atoms with E-state index in [1.54, 1.807) is 0 Å². The van der Waals surface area contributed by atoms with Crippen molar-refractivity contribution in [2.75, 3.05) is 39.3 Å². The highest BCUT2D eigenvalue weighted by Crippen LogP contribution is 2.11. The number of aryl methyl sites for hydroxylation is 2. The summed E-state index contributed by atoms with van der Waals surface area (Å²) in [6, 6.07) is 8.25. The number of β-amino-alcohol motifs (C(OH)–C–C–N with tert-alkyl or cyclic N) is 1. The summed E-state index contributed by atoms with van der Waals surface area (Å²) < 4.78 is 0. The van der Waals surface area contributed by atoms with E-state index >= 15 is 0 Å². The van der Waals surface area contributed by atoms with E-state index in [9.17, 15) is 4.79 Å². The Balaban J connectivity index is 1.77. The lowest BCUT2D eigenvalue weighted by Gasteiger charge is -2.34. The smallest absolute Gasteiger partial charge is 0.222 e. The van der Waals surface area contributed by atoms with Crippen LogP contribution in [0, 0.1) is 6.92 Å². The Morgan fingerprint density at radius 1 is 1.20 bits per heavy atom. The van der Waals surface area contributed by atoms with E-state index in [2.05, 4.69) is 24.0 Å². The molecule has 0 bridgehead atoms. The molecule has 0 radical (unpaired) electrons. The molecule has 0 saturated carbocycles. The van der Waals surface area contributed by atoms with E-state index in [1.807, 2.05) is 17.0 Å². The van der Waals surface area contributed by atoms with Crippen molar-refractivity contribution in [2.45, 2.75) is 19.8 Å². The van der Waals surface area contributed by atoms with Crippen LogP contribution in [0.5, 0.6) is 0 Å². The van der Waals surface area contributed by atoms with E-state index < -0.39 is 0 Å². The van der Waals surface area contributed by atoms with Crippen LogP contribution in [0.1, 0.15) is 17.5 Å². The molecule has 1 N–H and O–H groups in total. The summed E-state index contributed by atoms with van der Waals surface area (Å²) in [5.74, 6) is 0.247. The topological polar surface area (TPSA) is 43.8 Å². The van der Waals surface area contributed by atoms with Crippen LogP contribution in [-0.4, -0.2) is 60.1 Å². The quantitative estimate of drug-likeness (QED) is 0.875. The van der Waals surface area contributed by atoms with E-state index in [0.717, 1.165) is 32.6 Å². The van der Waals surface area contributed by atoms with Crippen molar-refractivity contribution >= 4 is 5.91 Å². The first-order valence-corrected chi connectivity index (χ1v) is 7.36.